The first-order valence-corrected chi connectivity index (χ1v) is 7.68. The molecule has 8 heteroatoms. The zero-order chi connectivity index (χ0) is 15.7. The van der Waals surface area contributed by atoms with Crippen molar-refractivity contribution < 1.29 is 9.90 Å². The van der Waals surface area contributed by atoms with Gasteiger partial charge in [0.25, 0.3) is 5.91 Å². The standard InChI is InChI=1S/C14H8Br2N4O2/c15-10-2-7(3-11(16)13(10)21)1-9-12(19-20-14(9)22)8-4-17-6-18-5-8/h1-6,21H,(H,20,22)/b9-1+. The third kappa shape index (κ3) is 2.79. The summed E-state index contributed by atoms with van der Waals surface area (Å²) in [5.74, 6) is -0.206. The van der Waals surface area contributed by atoms with Crippen LogP contribution in [-0.4, -0.2) is 26.7 Å². The van der Waals surface area contributed by atoms with Crippen LogP contribution in [0.1, 0.15) is 11.1 Å². The van der Waals surface area contributed by atoms with Gasteiger partial charge in [-0.1, -0.05) is 0 Å². The SMILES string of the molecule is O=C1NN=C(c2cncnc2)/C1=C\c1cc(Br)c(O)c(Br)c1. The largest absolute Gasteiger partial charge is 0.506 e. The molecule has 1 aliphatic rings. The predicted octanol–water partition coefficient (Wildman–Crippen LogP) is 2.62. The summed E-state index contributed by atoms with van der Waals surface area (Å²) >= 11 is 6.52. The van der Waals surface area contributed by atoms with E-state index in [1.54, 1.807) is 30.6 Å². The Kier molecular flexibility index (Phi) is 4.04. The van der Waals surface area contributed by atoms with E-state index in [4.69, 9.17) is 0 Å². The smallest absolute Gasteiger partial charge is 0.273 e. The molecular formula is C14H8Br2N4O2. The minimum Gasteiger partial charge on any atom is -0.506 e. The number of phenolic OH excluding ortho intramolecular Hbond substituents is 1. The lowest BCUT2D eigenvalue weighted by Gasteiger charge is -2.04. The third-order valence-corrected chi connectivity index (χ3v) is 4.16. The van der Waals surface area contributed by atoms with Gasteiger partial charge in [0.05, 0.1) is 14.5 Å². The Balaban J connectivity index is 2.06. The average molecular weight is 424 g/mol. The van der Waals surface area contributed by atoms with E-state index in [9.17, 15) is 9.90 Å². The Bertz CT molecular complexity index is 796. The minimum atomic E-state index is -0.306. The van der Waals surface area contributed by atoms with Crippen molar-refractivity contribution in [3.63, 3.8) is 0 Å². The highest BCUT2D eigenvalue weighted by Crippen LogP contribution is 2.34. The van der Waals surface area contributed by atoms with E-state index in [-0.39, 0.29) is 11.7 Å². The Labute approximate surface area is 142 Å². The van der Waals surface area contributed by atoms with Crippen LogP contribution < -0.4 is 5.43 Å². The van der Waals surface area contributed by atoms with Crippen LogP contribution in [0.2, 0.25) is 0 Å². The van der Waals surface area contributed by atoms with Crippen LogP contribution in [0, 0.1) is 0 Å². The van der Waals surface area contributed by atoms with Gasteiger partial charge in [-0.25, -0.2) is 15.4 Å². The number of hydrogen-bond donors (Lipinski definition) is 2. The summed E-state index contributed by atoms with van der Waals surface area (Å²) in [4.78, 5) is 19.9. The van der Waals surface area contributed by atoms with Crippen LogP contribution in [0.3, 0.4) is 0 Å². The highest BCUT2D eigenvalue weighted by Gasteiger charge is 2.24. The van der Waals surface area contributed by atoms with Crippen molar-refractivity contribution in [3.8, 4) is 5.75 Å². The molecule has 0 unspecified atom stereocenters. The first-order valence-electron chi connectivity index (χ1n) is 6.10. The number of hydrogen-bond acceptors (Lipinski definition) is 5. The maximum atomic E-state index is 12.0. The van der Waals surface area contributed by atoms with Crippen molar-refractivity contribution in [2.45, 2.75) is 0 Å². The molecule has 0 bridgehead atoms. The van der Waals surface area contributed by atoms with Crippen molar-refractivity contribution in [2.75, 3.05) is 0 Å². The molecule has 1 amide bonds. The monoisotopic (exact) mass is 422 g/mol. The topological polar surface area (TPSA) is 87.5 Å². The molecule has 0 aliphatic carbocycles. The van der Waals surface area contributed by atoms with Crippen molar-refractivity contribution in [3.05, 3.63) is 56.5 Å². The second-order valence-electron chi connectivity index (χ2n) is 4.42. The summed E-state index contributed by atoms with van der Waals surface area (Å²) in [6, 6.07) is 3.41. The van der Waals surface area contributed by atoms with E-state index in [2.05, 4.69) is 52.4 Å². The molecule has 1 aliphatic heterocycles. The number of aromatic hydroxyl groups is 1. The van der Waals surface area contributed by atoms with Gasteiger partial charge in [0, 0.05) is 18.0 Å². The number of aromatic nitrogens is 2. The number of nitrogens with zero attached hydrogens (tertiary/aromatic N) is 3. The summed E-state index contributed by atoms with van der Waals surface area (Å²) in [6.07, 6.45) is 6.26. The number of hydrazone groups is 1. The molecule has 22 heavy (non-hydrogen) atoms. The van der Waals surface area contributed by atoms with E-state index < -0.39 is 0 Å². The van der Waals surface area contributed by atoms with Gasteiger partial charge in [-0.2, -0.15) is 5.10 Å². The van der Waals surface area contributed by atoms with Gasteiger partial charge in [0.2, 0.25) is 0 Å². The van der Waals surface area contributed by atoms with Crippen LogP contribution in [0.4, 0.5) is 0 Å². The van der Waals surface area contributed by atoms with Crippen LogP contribution >= 0.6 is 31.9 Å². The van der Waals surface area contributed by atoms with Crippen LogP contribution in [0.25, 0.3) is 6.08 Å². The number of amides is 1. The summed E-state index contributed by atoms with van der Waals surface area (Å²) in [5.41, 5.74) is 4.68. The Morgan fingerprint density at radius 3 is 2.41 bits per heavy atom. The van der Waals surface area contributed by atoms with Crippen LogP contribution in [-0.2, 0) is 4.79 Å². The fraction of sp³-hybridized carbons (Fsp3) is 0. The van der Waals surface area contributed by atoms with Gasteiger partial charge in [-0.15, -0.1) is 0 Å². The van der Waals surface area contributed by atoms with Gasteiger partial charge < -0.3 is 5.11 Å². The van der Waals surface area contributed by atoms with Gasteiger partial charge in [0.1, 0.15) is 17.8 Å². The second-order valence-corrected chi connectivity index (χ2v) is 6.13. The fourth-order valence-electron chi connectivity index (χ4n) is 1.95. The molecule has 0 fully saturated rings. The first-order chi connectivity index (χ1) is 10.6. The molecule has 3 rings (SSSR count). The first kappa shape index (κ1) is 14.9. The molecule has 2 heterocycles. The summed E-state index contributed by atoms with van der Waals surface area (Å²) in [7, 11) is 0. The number of phenols is 1. The molecule has 0 saturated heterocycles. The number of benzene rings is 1. The maximum Gasteiger partial charge on any atom is 0.273 e. The molecule has 0 saturated carbocycles. The van der Waals surface area contributed by atoms with Crippen molar-refractivity contribution in [1.82, 2.24) is 15.4 Å². The van der Waals surface area contributed by atoms with E-state index >= 15 is 0 Å². The fourth-order valence-corrected chi connectivity index (χ4v) is 3.17. The van der Waals surface area contributed by atoms with Crippen molar-refractivity contribution in [2.24, 2.45) is 5.10 Å². The summed E-state index contributed by atoms with van der Waals surface area (Å²) < 4.78 is 1.04. The highest BCUT2D eigenvalue weighted by molar-refractivity contribution is 9.11. The molecule has 2 aromatic rings. The molecule has 0 atom stereocenters. The molecule has 0 radical (unpaired) electrons. The average Bonchev–Trinajstić information content (AvgIpc) is 2.87. The molecule has 0 spiro atoms. The van der Waals surface area contributed by atoms with Crippen molar-refractivity contribution >= 4 is 49.6 Å². The van der Waals surface area contributed by atoms with Gasteiger partial charge in [-0.3, -0.25) is 4.79 Å². The van der Waals surface area contributed by atoms with E-state index in [1.165, 1.54) is 6.33 Å². The van der Waals surface area contributed by atoms with E-state index in [1.807, 2.05) is 0 Å². The van der Waals surface area contributed by atoms with Crippen molar-refractivity contribution in [1.29, 1.82) is 0 Å². The quantitative estimate of drug-likeness (QED) is 0.726. The molecule has 1 aromatic carbocycles. The van der Waals surface area contributed by atoms with Crippen LogP contribution in [0.15, 0.2) is 50.5 Å². The lowest BCUT2D eigenvalue weighted by Crippen LogP contribution is -2.13. The normalized spacial score (nSPS) is 15.8. The number of carbonyl (C=O) groups is 1. The minimum absolute atomic E-state index is 0.100. The molecule has 6 nitrogen and oxygen atoms in total. The van der Waals surface area contributed by atoms with E-state index in [0.29, 0.717) is 25.8 Å². The Hall–Kier alpha value is -2.06. The molecular weight excluding hydrogens is 416 g/mol. The number of halogens is 2. The Morgan fingerprint density at radius 2 is 1.77 bits per heavy atom. The number of carbonyl (C=O) groups excluding carboxylic acids is 1. The summed E-state index contributed by atoms with van der Waals surface area (Å²) in [6.45, 7) is 0. The molecule has 2 N–H and O–H groups in total. The van der Waals surface area contributed by atoms with E-state index in [0.717, 1.165) is 5.56 Å². The van der Waals surface area contributed by atoms with Crippen LogP contribution in [0.5, 0.6) is 5.75 Å². The van der Waals surface area contributed by atoms with Gasteiger partial charge >= 0.3 is 0 Å². The zero-order valence-electron chi connectivity index (χ0n) is 10.9. The predicted molar refractivity (Wildman–Crippen MR) is 88.2 cm³/mol. The molecule has 110 valence electrons. The number of nitrogens with one attached hydrogen (secondary N) is 1. The third-order valence-electron chi connectivity index (χ3n) is 2.95. The van der Waals surface area contributed by atoms with Gasteiger partial charge in [-0.05, 0) is 55.6 Å². The lowest BCUT2D eigenvalue weighted by molar-refractivity contribution is -0.116. The maximum absolute atomic E-state index is 12.0. The van der Waals surface area contributed by atoms with Gasteiger partial charge in [0.15, 0.2) is 0 Å². The second kappa shape index (κ2) is 5.98. The Morgan fingerprint density at radius 1 is 1.14 bits per heavy atom. The number of rotatable bonds is 2. The molecule has 1 aromatic heterocycles. The zero-order valence-corrected chi connectivity index (χ0v) is 14.1. The summed E-state index contributed by atoms with van der Waals surface area (Å²) in [5, 5.41) is 13.8. The lowest BCUT2D eigenvalue weighted by atomic mass is 10.0. The highest BCUT2D eigenvalue weighted by atomic mass is 79.9.